The summed E-state index contributed by atoms with van der Waals surface area (Å²) in [5, 5.41) is 12.7. The van der Waals surface area contributed by atoms with Gasteiger partial charge in [-0.2, -0.15) is 0 Å². The molecule has 2 rings (SSSR count). The molecule has 0 spiro atoms. The number of amides is 1. The Kier molecular flexibility index (Phi) is 3.28. The zero-order valence-electron chi connectivity index (χ0n) is 9.66. The fourth-order valence-corrected chi connectivity index (χ4v) is 1.94. The number of rotatable bonds is 1. The number of phenolic OH excluding ortho intramolecular Hbond substituents is 1. The van der Waals surface area contributed by atoms with Gasteiger partial charge in [-0.1, -0.05) is 0 Å². The molecule has 0 saturated carbocycles. The van der Waals surface area contributed by atoms with Gasteiger partial charge in [0.05, 0.1) is 5.56 Å². The van der Waals surface area contributed by atoms with Crippen LogP contribution in [0.3, 0.4) is 0 Å². The zero-order valence-corrected chi connectivity index (χ0v) is 9.66. The molecule has 1 aliphatic rings. The Morgan fingerprint density at radius 1 is 1.41 bits per heavy atom. The lowest BCUT2D eigenvalue weighted by Crippen LogP contribution is -2.46. The van der Waals surface area contributed by atoms with E-state index in [2.05, 4.69) is 5.32 Å². The molecule has 5 heteroatoms. The van der Waals surface area contributed by atoms with Crippen molar-refractivity contribution in [1.82, 2.24) is 10.2 Å². The van der Waals surface area contributed by atoms with Gasteiger partial charge < -0.3 is 15.3 Å². The number of benzene rings is 1. The van der Waals surface area contributed by atoms with Crippen molar-refractivity contribution in [2.45, 2.75) is 6.92 Å². The predicted octanol–water partition coefficient (Wildman–Crippen LogP) is 0.885. The van der Waals surface area contributed by atoms with Crippen LogP contribution in [0.4, 0.5) is 4.39 Å². The highest BCUT2D eigenvalue weighted by Gasteiger charge is 2.22. The number of carbonyl (C=O) groups excluding carboxylic acids is 1. The largest absolute Gasteiger partial charge is 0.504 e. The summed E-state index contributed by atoms with van der Waals surface area (Å²) in [7, 11) is 0. The molecule has 1 amide bonds. The van der Waals surface area contributed by atoms with Crippen molar-refractivity contribution >= 4 is 5.91 Å². The van der Waals surface area contributed by atoms with E-state index in [1.807, 2.05) is 0 Å². The summed E-state index contributed by atoms with van der Waals surface area (Å²) < 4.78 is 13.3. The summed E-state index contributed by atoms with van der Waals surface area (Å²) in [6.45, 7) is 4.29. The van der Waals surface area contributed by atoms with Gasteiger partial charge in [-0.25, -0.2) is 4.39 Å². The minimum absolute atomic E-state index is 0.0457. The summed E-state index contributed by atoms with van der Waals surface area (Å²) >= 11 is 0. The van der Waals surface area contributed by atoms with Crippen LogP contribution < -0.4 is 5.32 Å². The van der Waals surface area contributed by atoms with Gasteiger partial charge in [-0.3, -0.25) is 4.79 Å². The van der Waals surface area contributed by atoms with Crippen LogP contribution >= 0.6 is 0 Å². The summed E-state index contributed by atoms with van der Waals surface area (Å²) in [6.07, 6.45) is 0. The highest BCUT2D eigenvalue weighted by Crippen LogP contribution is 2.24. The third-order valence-corrected chi connectivity index (χ3v) is 2.84. The van der Waals surface area contributed by atoms with Crippen LogP contribution in [0.2, 0.25) is 0 Å². The van der Waals surface area contributed by atoms with E-state index in [1.54, 1.807) is 11.8 Å². The quantitative estimate of drug-likeness (QED) is 0.764. The number of piperazine rings is 1. The second kappa shape index (κ2) is 4.71. The van der Waals surface area contributed by atoms with E-state index in [0.717, 1.165) is 13.1 Å². The molecular formula is C12H15FN2O2. The number of hydrogen-bond acceptors (Lipinski definition) is 3. The van der Waals surface area contributed by atoms with Gasteiger partial charge in [-0.05, 0) is 24.6 Å². The average Bonchev–Trinajstić information content (AvgIpc) is 2.34. The van der Waals surface area contributed by atoms with Gasteiger partial charge in [0.2, 0.25) is 0 Å². The van der Waals surface area contributed by atoms with E-state index >= 15 is 0 Å². The molecule has 1 aliphatic heterocycles. The SMILES string of the molecule is Cc1cc(F)c(O)c(C(=O)N2CCNCC2)c1. The number of aryl methyl sites for hydroxylation is 1. The first-order valence-corrected chi connectivity index (χ1v) is 5.58. The van der Waals surface area contributed by atoms with Crippen molar-refractivity contribution in [2.24, 2.45) is 0 Å². The molecule has 1 saturated heterocycles. The minimum Gasteiger partial charge on any atom is -0.504 e. The van der Waals surface area contributed by atoms with Crippen LogP contribution in [0.5, 0.6) is 5.75 Å². The van der Waals surface area contributed by atoms with Crippen LogP contribution in [0.1, 0.15) is 15.9 Å². The fraction of sp³-hybridized carbons (Fsp3) is 0.417. The first-order valence-electron chi connectivity index (χ1n) is 5.58. The topological polar surface area (TPSA) is 52.6 Å². The smallest absolute Gasteiger partial charge is 0.257 e. The van der Waals surface area contributed by atoms with Crippen LogP contribution in [0.15, 0.2) is 12.1 Å². The highest BCUT2D eigenvalue weighted by molar-refractivity contribution is 5.97. The van der Waals surface area contributed by atoms with Crippen LogP contribution in [-0.4, -0.2) is 42.1 Å². The first kappa shape index (κ1) is 11.9. The van der Waals surface area contributed by atoms with Crippen molar-refractivity contribution in [3.63, 3.8) is 0 Å². The molecule has 0 atom stereocenters. The van der Waals surface area contributed by atoms with Gasteiger partial charge >= 0.3 is 0 Å². The van der Waals surface area contributed by atoms with Crippen LogP contribution in [0.25, 0.3) is 0 Å². The maximum Gasteiger partial charge on any atom is 0.257 e. The molecule has 17 heavy (non-hydrogen) atoms. The molecule has 0 bridgehead atoms. The van der Waals surface area contributed by atoms with E-state index in [1.165, 1.54) is 12.1 Å². The number of phenols is 1. The Labute approximate surface area is 99.0 Å². The molecule has 4 nitrogen and oxygen atoms in total. The summed E-state index contributed by atoms with van der Waals surface area (Å²) in [6, 6.07) is 2.73. The standard InChI is InChI=1S/C12H15FN2O2/c1-8-6-9(11(16)10(13)7-8)12(17)15-4-2-14-3-5-15/h6-7,14,16H,2-5H2,1H3. The van der Waals surface area contributed by atoms with Crippen molar-refractivity contribution < 1.29 is 14.3 Å². The minimum atomic E-state index is -0.747. The fourth-order valence-electron chi connectivity index (χ4n) is 1.94. The number of nitrogens with zero attached hydrogens (tertiary/aromatic N) is 1. The van der Waals surface area contributed by atoms with Crippen LogP contribution in [0, 0.1) is 12.7 Å². The Balaban J connectivity index is 2.29. The van der Waals surface area contributed by atoms with Crippen molar-refractivity contribution in [1.29, 1.82) is 0 Å². The molecular weight excluding hydrogens is 223 g/mol. The Morgan fingerprint density at radius 2 is 2.06 bits per heavy atom. The first-order chi connectivity index (χ1) is 8.09. The maximum atomic E-state index is 13.3. The lowest BCUT2D eigenvalue weighted by atomic mass is 10.1. The molecule has 1 heterocycles. The molecule has 0 unspecified atom stereocenters. The lowest BCUT2D eigenvalue weighted by Gasteiger charge is -2.27. The number of carbonyl (C=O) groups is 1. The second-order valence-electron chi connectivity index (χ2n) is 4.19. The summed E-state index contributed by atoms with van der Waals surface area (Å²) in [4.78, 5) is 13.7. The number of halogens is 1. The van der Waals surface area contributed by atoms with E-state index in [0.29, 0.717) is 18.7 Å². The normalized spacial score (nSPS) is 16.0. The lowest BCUT2D eigenvalue weighted by molar-refractivity contribution is 0.0731. The number of hydrogen-bond donors (Lipinski definition) is 2. The second-order valence-corrected chi connectivity index (χ2v) is 4.19. The summed E-state index contributed by atoms with van der Waals surface area (Å²) in [5.74, 6) is -1.62. The van der Waals surface area contributed by atoms with Gasteiger partial charge in [0.1, 0.15) is 0 Å². The van der Waals surface area contributed by atoms with Crippen molar-refractivity contribution in [3.8, 4) is 5.75 Å². The predicted molar refractivity (Wildman–Crippen MR) is 61.6 cm³/mol. The molecule has 92 valence electrons. The van der Waals surface area contributed by atoms with E-state index in [9.17, 15) is 14.3 Å². The molecule has 0 aliphatic carbocycles. The zero-order chi connectivity index (χ0) is 12.4. The summed E-state index contributed by atoms with van der Waals surface area (Å²) in [5.41, 5.74) is 0.670. The number of aromatic hydroxyl groups is 1. The molecule has 2 N–H and O–H groups in total. The van der Waals surface area contributed by atoms with Gasteiger partial charge in [0.15, 0.2) is 11.6 Å². The van der Waals surface area contributed by atoms with Crippen LogP contribution in [-0.2, 0) is 0 Å². The Bertz CT molecular complexity index is 442. The molecule has 1 fully saturated rings. The average molecular weight is 238 g/mol. The Hall–Kier alpha value is -1.62. The van der Waals surface area contributed by atoms with E-state index in [-0.39, 0.29) is 11.5 Å². The molecule has 1 aromatic rings. The van der Waals surface area contributed by atoms with E-state index in [4.69, 9.17) is 0 Å². The third kappa shape index (κ3) is 2.39. The third-order valence-electron chi connectivity index (χ3n) is 2.84. The molecule has 1 aromatic carbocycles. The maximum absolute atomic E-state index is 13.3. The van der Waals surface area contributed by atoms with Gasteiger partial charge in [0, 0.05) is 26.2 Å². The van der Waals surface area contributed by atoms with Gasteiger partial charge in [0.25, 0.3) is 5.91 Å². The van der Waals surface area contributed by atoms with Crippen molar-refractivity contribution in [2.75, 3.05) is 26.2 Å². The molecule has 0 radical (unpaired) electrons. The number of nitrogens with one attached hydrogen (secondary N) is 1. The highest BCUT2D eigenvalue weighted by atomic mass is 19.1. The van der Waals surface area contributed by atoms with E-state index < -0.39 is 11.6 Å². The molecule has 0 aromatic heterocycles. The van der Waals surface area contributed by atoms with Crippen molar-refractivity contribution in [3.05, 3.63) is 29.1 Å². The Morgan fingerprint density at radius 3 is 2.71 bits per heavy atom. The van der Waals surface area contributed by atoms with Gasteiger partial charge in [-0.15, -0.1) is 0 Å². The monoisotopic (exact) mass is 238 g/mol.